The number of piperidine rings is 1. The van der Waals surface area contributed by atoms with Gasteiger partial charge >= 0.3 is 6.18 Å². The molecule has 6 rings (SSSR count). The number of amides is 1. The Morgan fingerprint density at radius 1 is 1.07 bits per heavy atom. The van der Waals surface area contributed by atoms with Gasteiger partial charge in [0.05, 0.1) is 30.4 Å². The van der Waals surface area contributed by atoms with Crippen molar-refractivity contribution < 1.29 is 32.5 Å². The van der Waals surface area contributed by atoms with E-state index in [-0.39, 0.29) is 12.0 Å². The molecule has 1 amide bonds. The van der Waals surface area contributed by atoms with Gasteiger partial charge in [0.25, 0.3) is 5.91 Å². The number of carbonyl (C=O) groups is 1. The van der Waals surface area contributed by atoms with E-state index in [0.29, 0.717) is 62.6 Å². The van der Waals surface area contributed by atoms with Crippen molar-refractivity contribution >= 4 is 11.7 Å². The van der Waals surface area contributed by atoms with Crippen LogP contribution in [0.25, 0.3) is 11.3 Å². The standard InChI is InChI=1S/C28H28F3N5O4/c1-39-25-20-12-21(17-2-4-18(5-3-17)26(38)36-9-6-19(37)16-36)32-13-22(20)40-27(25)7-10-35(11-8-27)24-15-33-23(14-34-24)28(29,30)31/h2-5,12-15,19,25,37H,6-11,16H2,1H3/t19-,25?/m1/s1. The molecule has 0 saturated carbocycles. The summed E-state index contributed by atoms with van der Waals surface area (Å²) in [5.74, 6) is 0.922. The Bertz CT molecular complexity index is 1390. The van der Waals surface area contributed by atoms with Gasteiger partial charge in [0.15, 0.2) is 5.69 Å². The van der Waals surface area contributed by atoms with Crippen LogP contribution in [0.3, 0.4) is 0 Å². The molecule has 1 N–H and O–H groups in total. The second kappa shape index (κ2) is 10.0. The summed E-state index contributed by atoms with van der Waals surface area (Å²) >= 11 is 0. The Morgan fingerprint density at radius 3 is 2.42 bits per heavy atom. The number of likely N-dealkylation sites (tertiary alicyclic amines) is 1. The lowest BCUT2D eigenvalue weighted by Gasteiger charge is -2.41. The Hall–Kier alpha value is -3.77. The average molecular weight is 556 g/mol. The minimum absolute atomic E-state index is 0.103. The molecule has 1 spiro atoms. The third-order valence-corrected chi connectivity index (χ3v) is 7.95. The number of pyridine rings is 1. The van der Waals surface area contributed by atoms with Crippen LogP contribution < -0.4 is 9.64 Å². The van der Waals surface area contributed by atoms with E-state index < -0.39 is 23.6 Å². The van der Waals surface area contributed by atoms with Crippen LogP contribution in [0.2, 0.25) is 0 Å². The molecule has 210 valence electrons. The van der Waals surface area contributed by atoms with Crippen LogP contribution in [0.15, 0.2) is 48.9 Å². The fourth-order valence-electron chi connectivity index (χ4n) is 5.81. The van der Waals surface area contributed by atoms with Gasteiger partial charge in [-0.1, -0.05) is 12.1 Å². The third-order valence-electron chi connectivity index (χ3n) is 7.95. The molecule has 40 heavy (non-hydrogen) atoms. The molecule has 3 aromatic rings. The van der Waals surface area contributed by atoms with Crippen LogP contribution in [0.4, 0.5) is 19.0 Å². The summed E-state index contributed by atoms with van der Waals surface area (Å²) in [5, 5.41) is 9.73. The minimum Gasteiger partial charge on any atom is -0.482 e. The van der Waals surface area contributed by atoms with Gasteiger partial charge in [-0.2, -0.15) is 13.2 Å². The van der Waals surface area contributed by atoms with E-state index in [1.807, 2.05) is 23.1 Å². The third kappa shape index (κ3) is 4.75. The highest BCUT2D eigenvalue weighted by Crippen LogP contribution is 2.50. The smallest absolute Gasteiger partial charge is 0.434 e. The van der Waals surface area contributed by atoms with E-state index in [4.69, 9.17) is 9.47 Å². The number of methoxy groups -OCH3 is 1. The normalized spacial score (nSPS) is 21.9. The zero-order chi connectivity index (χ0) is 28.1. The predicted molar refractivity (Wildman–Crippen MR) is 138 cm³/mol. The highest BCUT2D eigenvalue weighted by molar-refractivity contribution is 5.94. The lowest BCUT2D eigenvalue weighted by molar-refractivity contribution is -0.141. The van der Waals surface area contributed by atoms with Crippen LogP contribution in [-0.4, -0.2) is 75.9 Å². The van der Waals surface area contributed by atoms with E-state index in [1.54, 1.807) is 30.3 Å². The molecule has 12 heteroatoms. The Balaban J connectivity index is 1.16. The Labute approximate surface area is 228 Å². The average Bonchev–Trinajstić information content (AvgIpc) is 3.52. The van der Waals surface area contributed by atoms with Gasteiger partial charge in [-0.25, -0.2) is 9.97 Å². The van der Waals surface area contributed by atoms with Crippen molar-refractivity contribution in [1.29, 1.82) is 0 Å². The van der Waals surface area contributed by atoms with Gasteiger partial charge in [0, 0.05) is 62.8 Å². The summed E-state index contributed by atoms with van der Waals surface area (Å²) in [4.78, 5) is 28.4. The molecular formula is C28H28F3N5O4. The minimum atomic E-state index is -4.53. The van der Waals surface area contributed by atoms with Crippen molar-refractivity contribution in [3.8, 4) is 17.0 Å². The van der Waals surface area contributed by atoms with Crippen molar-refractivity contribution in [3.63, 3.8) is 0 Å². The van der Waals surface area contributed by atoms with E-state index in [1.165, 1.54) is 0 Å². The monoisotopic (exact) mass is 555 g/mol. The molecule has 5 heterocycles. The highest BCUT2D eigenvalue weighted by Gasteiger charge is 2.51. The molecule has 3 aliphatic rings. The van der Waals surface area contributed by atoms with Gasteiger partial charge in [0.2, 0.25) is 0 Å². The lowest BCUT2D eigenvalue weighted by atomic mass is 9.84. The summed E-state index contributed by atoms with van der Waals surface area (Å²) in [6, 6.07) is 9.18. The number of aliphatic hydroxyl groups excluding tert-OH is 1. The summed E-state index contributed by atoms with van der Waals surface area (Å²) in [6.45, 7) is 1.92. The molecule has 0 bridgehead atoms. The SMILES string of the molecule is COC1c2cc(-c3ccc(C(=O)N4CC[C@@H](O)C4)cc3)ncc2OC12CCN(c1cnc(C(F)(F)F)cn1)CC2. The summed E-state index contributed by atoms with van der Waals surface area (Å²) in [6.07, 6.45) is -0.0271. The number of fused-ring (bicyclic) bond motifs is 1. The van der Waals surface area contributed by atoms with Crippen molar-refractivity contribution in [1.82, 2.24) is 19.9 Å². The maximum Gasteiger partial charge on any atom is 0.434 e. The number of rotatable bonds is 4. The molecular weight excluding hydrogens is 527 g/mol. The number of carbonyl (C=O) groups excluding carboxylic acids is 1. The number of benzene rings is 1. The van der Waals surface area contributed by atoms with Gasteiger partial charge in [-0.3, -0.25) is 9.78 Å². The first-order chi connectivity index (χ1) is 19.2. The number of nitrogens with zero attached hydrogens (tertiary/aromatic N) is 5. The number of ether oxygens (including phenoxy) is 2. The van der Waals surface area contributed by atoms with E-state index in [2.05, 4.69) is 15.0 Å². The molecule has 1 aromatic carbocycles. The predicted octanol–water partition coefficient (Wildman–Crippen LogP) is 3.88. The topological polar surface area (TPSA) is 101 Å². The molecule has 9 nitrogen and oxygen atoms in total. The Morgan fingerprint density at radius 2 is 1.82 bits per heavy atom. The number of alkyl halides is 3. The molecule has 2 aromatic heterocycles. The van der Waals surface area contributed by atoms with E-state index in [9.17, 15) is 23.1 Å². The zero-order valence-electron chi connectivity index (χ0n) is 21.8. The molecule has 1 unspecified atom stereocenters. The quantitative estimate of drug-likeness (QED) is 0.518. The van der Waals surface area contributed by atoms with Gasteiger partial charge in [0.1, 0.15) is 23.3 Å². The second-order valence-corrected chi connectivity index (χ2v) is 10.4. The largest absolute Gasteiger partial charge is 0.482 e. The second-order valence-electron chi connectivity index (χ2n) is 10.4. The number of hydrogen-bond donors (Lipinski definition) is 1. The lowest BCUT2D eigenvalue weighted by Crippen LogP contribution is -2.50. The number of halogens is 3. The Kier molecular flexibility index (Phi) is 6.62. The summed E-state index contributed by atoms with van der Waals surface area (Å²) < 4.78 is 50.9. The summed E-state index contributed by atoms with van der Waals surface area (Å²) in [5.41, 5.74) is 1.34. The maximum atomic E-state index is 12.9. The maximum absolute atomic E-state index is 12.9. The molecule has 3 aliphatic heterocycles. The molecule has 2 saturated heterocycles. The van der Waals surface area contributed by atoms with Crippen LogP contribution in [0.5, 0.6) is 5.75 Å². The fraction of sp³-hybridized carbons (Fsp3) is 0.429. The number of hydrogen-bond acceptors (Lipinski definition) is 8. The number of β-amino-alcohol motifs (C(OH)–C–C–N with tert-alkyl or cyclic N) is 1. The fourth-order valence-corrected chi connectivity index (χ4v) is 5.81. The van der Waals surface area contributed by atoms with Crippen LogP contribution in [0, 0.1) is 0 Å². The summed E-state index contributed by atoms with van der Waals surface area (Å²) in [7, 11) is 1.63. The van der Waals surface area contributed by atoms with Crippen molar-refractivity contribution in [3.05, 3.63) is 65.7 Å². The van der Waals surface area contributed by atoms with Crippen LogP contribution >= 0.6 is 0 Å². The van der Waals surface area contributed by atoms with Gasteiger partial charge < -0.3 is 24.4 Å². The van der Waals surface area contributed by atoms with Crippen molar-refractivity contribution in [2.75, 3.05) is 38.2 Å². The van der Waals surface area contributed by atoms with E-state index in [0.717, 1.165) is 29.2 Å². The first kappa shape index (κ1) is 26.5. The first-order valence-corrected chi connectivity index (χ1v) is 13.1. The molecule has 2 fully saturated rings. The number of aliphatic hydroxyl groups is 1. The number of anilines is 1. The highest BCUT2D eigenvalue weighted by atomic mass is 19.4. The number of aromatic nitrogens is 3. The van der Waals surface area contributed by atoms with Gasteiger partial charge in [-0.05, 0) is 24.6 Å². The molecule has 0 aliphatic carbocycles. The molecule has 0 radical (unpaired) electrons. The van der Waals surface area contributed by atoms with Crippen LogP contribution in [-0.2, 0) is 10.9 Å². The van der Waals surface area contributed by atoms with Gasteiger partial charge in [-0.15, -0.1) is 0 Å². The van der Waals surface area contributed by atoms with E-state index >= 15 is 0 Å². The first-order valence-electron chi connectivity index (χ1n) is 13.1. The van der Waals surface area contributed by atoms with Crippen molar-refractivity contribution in [2.45, 2.75) is 43.2 Å². The van der Waals surface area contributed by atoms with Crippen LogP contribution in [0.1, 0.15) is 47.0 Å². The zero-order valence-corrected chi connectivity index (χ0v) is 21.8. The molecule has 2 atom stereocenters. The van der Waals surface area contributed by atoms with Crippen molar-refractivity contribution in [2.24, 2.45) is 0 Å².